The number of nitrogens with one attached hydrogen (secondary N) is 1. The van der Waals surface area contributed by atoms with E-state index in [1.165, 1.54) is 4.31 Å². The van der Waals surface area contributed by atoms with Crippen molar-refractivity contribution in [1.29, 1.82) is 0 Å². The summed E-state index contributed by atoms with van der Waals surface area (Å²) in [4.78, 5) is 12.4. The highest BCUT2D eigenvalue weighted by molar-refractivity contribution is 7.88. The highest BCUT2D eigenvalue weighted by Crippen LogP contribution is 2.26. The van der Waals surface area contributed by atoms with Crippen LogP contribution >= 0.6 is 23.2 Å². The molecule has 2 rings (SSSR count). The van der Waals surface area contributed by atoms with Crippen molar-refractivity contribution >= 4 is 39.1 Å². The number of benzene rings is 1. The van der Waals surface area contributed by atoms with Crippen molar-refractivity contribution in [3.05, 3.63) is 33.8 Å². The minimum atomic E-state index is -3.52. The van der Waals surface area contributed by atoms with E-state index in [1.54, 1.807) is 18.2 Å². The summed E-state index contributed by atoms with van der Waals surface area (Å²) in [6.07, 6.45) is 3.30. The zero-order valence-corrected chi connectivity index (χ0v) is 17.5. The van der Waals surface area contributed by atoms with Gasteiger partial charge in [0, 0.05) is 19.1 Å². The van der Waals surface area contributed by atoms with Gasteiger partial charge in [-0.25, -0.2) is 12.7 Å². The first-order valence-electron chi connectivity index (χ1n) is 8.95. The zero-order chi connectivity index (χ0) is 19.3. The number of halogens is 2. The number of hydrogen-bond acceptors (Lipinski definition) is 3. The molecule has 0 unspecified atom stereocenters. The van der Waals surface area contributed by atoms with Gasteiger partial charge in [0.1, 0.15) is 0 Å². The molecule has 0 aliphatic carbocycles. The summed E-state index contributed by atoms with van der Waals surface area (Å²) in [6.45, 7) is 4.72. The topological polar surface area (TPSA) is 66.5 Å². The van der Waals surface area contributed by atoms with Gasteiger partial charge in [0.05, 0.1) is 21.7 Å². The summed E-state index contributed by atoms with van der Waals surface area (Å²) in [5.74, 6) is -0.503. The molecule has 1 aliphatic rings. The van der Waals surface area contributed by atoms with Crippen molar-refractivity contribution in [3.8, 4) is 0 Å². The van der Waals surface area contributed by atoms with Crippen LogP contribution in [-0.2, 0) is 20.6 Å². The lowest BCUT2D eigenvalue weighted by molar-refractivity contribution is -0.126. The summed E-state index contributed by atoms with van der Waals surface area (Å²) < 4.78 is 26.9. The third-order valence-electron chi connectivity index (χ3n) is 4.59. The van der Waals surface area contributed by atoms with Crippen molar-refractivity contribution < 1.29 is 13.2 Å². The van der Waals surface area contributed by atoms with E-state index in [2.05, 4.69) is 12.2 Å². The Morgan fingerprint density at radius 1 is 1.35 bits per heavy atom. The fourth-order valence-electron chi connectivity index (χ4n) is 3.21. The molecule has 2 atom stereocenters. The van der Waals surface area contributed by atoms with Crippen molar-refractivity contribution in [2.75, 3.05) is 13.1 Å². The van der Waals surface area contributed by atoms with Crippen LogP contribution in [0, 0.1) is 5.92 Å². The maximum atomic E-state index is 12.8. The van der Waals surface area contributed by atoms with Gasteiger partial charge in [-0.15, -0.1) is 0 Å². The van der Waals surface area contributed by atoms with Gasteiger partial charge in [-0.2, -0.15) is 0 Å². The van der Waals surface area contributed by atoms with Crippen LogP contribution in [-0.4, -0.2) is 37.8 Å². The number of rotatable bonds is 7. The van der Waals surface area contributed by atoms with Crippen molar-refractivity contribution in [1.82, 2.24) is 9.62 Å². The third kappa shape index (κ3) is 5.84. The van der Waals surface area contributed by atoms with Crippen LogP contribution in [0.2, 0.25) is 10.0 Å². The molecular formula is C18H26Cl2N2O3S. The van der Waals surface area contributed by atoms with Gasteiger partial charge in [0.2, 0.25) is 15.9 Å². The molecule has 0 radical (unpaired) electrons. The third-order valence-corrected chi connectivity index (χ3v) is 7.15. The molecule has 146 valence electrons. The van der Waals surface area contributed by atoms with Crippen molar-refractivity contribution in [3.63, 3.8) is 0 Å². The zero-order valence-electron chi connectivity index (χ0n) is 15.2. The normalized spacial score (nSPS) is 19.9. The highest BCUT2D eigenvalue weighted by Gasteiger charge is 2.32. The van der Waals surface area contributed by atoms with E-state index < -0.39 is 10.0 Å². The Labute approximate surface area is 166 Å². The lowest BCUT2D eigenvalue weighted by atomic mass is 9.98. The van der Waals surface area contributed by atoms with Crippen LogP contribution in [0.15, 0.2) is 18.2 Å². The number of piperidine rings is 1. The Morgan fingerprint density at radius 2 is 2.08 bits per heavy atom. The Bertz CT molecular complexity index is 740. The molecule has 1 heterocycles. The lowest BCUT2D eigenvalue weighted by Gasteiger charge is -2.32. The molecule has 1 aromatic rings. The predicted molar refractivity (Wildman–Crippen MR) is 106 cm³/mol. The number of carbonyl (C=O) groups is 1. The summed E-state index contributed by atoms with van der Waals surface area (Å²) in [5.41, 5.74) is 0.586. The Hall–Kier alpha value is -0.820. The number of hydrogen-bond donors (Lipinski definition) is 1. The minimum absolute atomic E-state index is 0.0552. The van der Waals surface area contributed by atoms with Crippen LogP contribution in [0.3, 0.4) is 0 Å². The number of nitrogens with zero attached hydrogens (tertiary/aromatic N) is 1. The molecule has 0 saturated carbocycles. The van der Waals surface area contributed by atoms with Crippen molar-refractivity contribution in [2.24, 2.45) is 5.92 Å². The van der Waals surface area contributed by atoms with E-state index in [0.717, 1.165) is 12.8 Å². The summed E-state index contributed by atoms with van der Waals surface area (Å²) in [5, 5.41) is 3.72. The van der Waals surface area contributed by atoms with E-state index >= 15 is 0 Å². The Balaban J connectivity index is 2.02. The van der Waals surface area contributed by atoms with Crippen molar-refractivity contribution in [2.45, 2.75) is 51.3 Å². The van der Waals surface area contributed by atoms with E-state index in [1.807, 2.05) is 6.92 Å². The van der Waals surface area contributed by atoms with Gasteiger partial charge in [-0.1, -0.05) is 42.6 Å². The minimum Gasteiger partial charge on any atom is -0.353 e. The average Bonchev–Trinajstić information content (AvgIpc) is 2.58. The van der Waals surface area contributed by atoms with E-state index in [-0.39, 0.29) is 30.2 Å². The first-order chi connectivity index (χ1) is 12.2. The van der Waals surface area contributed by atoms with Gasteiger partial charge in [0.25, 0.3) is 0 Å². The predicted octanol–water partition coefficient (Wildman–Crippen LogP) is 3.84. The maximum Gasteiger partial charge on any atom is 0.224 e. The van der Waals surface area contributed by atoms with E-state index in [9.17, 15) is 13.2 Å². The average molecular weight is 421 g/mol. The van der Waals surface area contributed by atoms with Gasteiger partial charge < -0.3 is 5.32 Å². The standard InChI is InChI=1S/C18H26Cl2N2O3S/c1-3-5-13(2)21-18(23)15-6-4-9-22(11-15)26(24,25)12-14-7-8-16(19)17(20)10-14/h7-8,10,13,15H,3-6,9,11-12H2,1-2H3,(H,21,23)/t13-,15-/m1/s1. The Morgan fingerprint density at radius 3 is 2.73 bits per heavy atom. The smallest absolute Gasteiger partial charge is 0.224 e. The summed E-state index contributed by atoms with van der Waals surface area (Å²) in [6, 6.07) is 4.93. The highest BCUT2D eigenvalue weighted by atomic mass is 35.5. The monoisotopic (exact) mass is 420 g/mol. The molecule has 1 fully saturated rings. The van der Waals surface area contributed by atoms with E-state index in [0.29, 0.717) is 35.0 Å². The molecule has 1 N–H and O–H groups in total. The van der Waals surface area contributed by atoms with Gasteiger partial charge in [-0.05, 0) is 43.9 Å². The summed E-state index contributed by atoms with van der Waals surface area (Å²) in [7, 11) is -3.52. The molecule has 1 saturated heterocycles. The molecule has 8 heteroatoms. The van der Waals surface area contributed by atoms with Crippen LogP contribution < -0.4 is 5.32 Å². The first-order valence-corrected chi connectivity index (χ1v) is 11.3. The van der Waals surface area contributed by atoms with Gasteiger partial charge in [-0.3, -0.25) is 4.79 Å². The molecule has 1 aromatic carbocycles. The molecule has 26 heavy (non-hydrogen) atoms. The molecule has 0 aromatic heterocycles. The second kappa shape index (κ2) is 9.40. The summed E-state index contributed by atoms with van der Waals surface area (Å²) >= 11 is 11.9. The van der Waals surface area contributed by atoms with Gasteiger partial charge in [0.15, 0.2) is 0 Å². The second-order valence-corrected chi connectivity index (χ2v) is 9.68. The quantitative estimate of drug-likeness (QED) is 0.728. The van der Waals surface area contributed by atoms with E-state index in [4.69, 9.17) is 23.2 Å². The number of carbonyl (C=O) groups excluding carboxylic acids is 1. The first kappa shape index (κ1) is 21.5. The number of amides is 1. The number of sulfonamides is 1. The fourth-order valence-corrected chi connectivity index (χ4v) is 5.12. The Kier molecular flexibility index (Phi) is 7.76. The maximum absolute atomic E-state index is 12.8. The van der Waals surface area contributed by atoms with Crippen LogP contribution in [0.1, 0.15) is 45.1 Å². The molecule has 5 nitrogen and oxygen atoms in total. The largest absolute Gasteiger partial charge is 0.353 e. The molecular weight excluding hydrogens is 395 g/mol. The fraction of sp³-hybridized carbons (Fsp3) is 0.611. The van der Waals surface area contributed by atoms with Crippen LogP contribution in [0.5, 0.6) is 0 Å². The molecule has 0 spiro atoms. The SMILES string of the molecule is CCC[C@@H](C)NC(=O)[C@@H]1CCCN(S(=O)(=O)Cc2ccc(Cl)c(Cl)c2)C1. The second-order valence-electron chi connectivity index (χ2n) is 6.90. The molecule has 1 aliphatic heterocycles. The lowest BCUT2D eigenvalue weighted by Crippen LogP contribution is -2.47. The van der Waals surface area contributed by atoms with Crippen LogP contribution in [0.25, 0.3) is 0 Å². The molecule has 1 amide bonds. The van der Waals surface area contributed by atoms with Gasteiger partial charge >= 0.3 is 0 Å². The van der Waals surface area contributed by atoms with Crippen LogP contribution in [0.4, 0.5) is 0 Å². The molecule has 0 bridgehead atoms.